The zero-order valence-electron chi connectivity index (χ0n) is 15.4. The zero-order chi connectivity index (χ0) is 21.3. The number of carbonyl (C=O) groups is 4. The van der Waals surface area contributed by atoms with E-state index in [4.69, 9.17) is 0 Å². The third-order valence-electron chi connectivity index (χ3n) is 4.93. The number of rotatable bonds is 7. The molecule has 0 aromatic carbocycles. The van der Waals surface area contributed by atoms with Gasteiger partial charge in [0.05, 0.1) is 0 Å². The topological polar surface area (TPSA) is 98.8 Å². The minimum atomic E-state index is -5.38. The highest BCUT2D eigenvalue weighted by atomic mass is 19.3. The van der Waals surface area contributed by atoms with E-state index in [0.29, 0.717) is 9.80 Å². The van der Waals surface area contributed by atoms with Crippen LogP contribution in [0.1, 0.15) is 26.7 Å². The molecule has 2 atom stereocenters. The number of hydrogen-bond acceptors (Lipinski definition) is 4. The summed E-state index contributed by atoms with van der Waals surface area (Å²) in [5, 5.41) is 4.67. The second-order valence-corrected chi connectivity index (χ2v) is 6.52. The molecule has 8 nitrogen and oxygen atoms in total. The minimum absolute atomic E-state index is 0.00264. The Hall–Kier alpha value is -2.40. The van der Waals surface area contributed by atoms with Gasteiger partial charge in [0, 0.05) is 26.2 Å². The van der Waals surface area contributed by atoms with Gasteiger partial charge >= 0.3 is 23.7 Å². The van der Waals surface area contributed by atoms with Gasteiger partial charge in [0.25, 0.3) is 0 Å². The maximum atomic E-state index is 14.5. The lowest BCUT2D eigenvalue weighted by Crippen LogP contribution is -2.63. The van der Waals surface area contributed by atoms with Crippen LogP contribution >= 0.6 is 0 Å². The molecule has 2 saturated heterocycles. The second kappa shape index (κ2) is 7.92. The molecule has 0 aromatic rings. The van der Waals surface area contributed by atoms with Crippen LogP contribution in [0.5, 0.6) is 0 Å². The molecule has 28 heavy (non-hydrogen) atoms. The normalized spacial score (nSPS) is 22.6. The van der Waals surface area contributed by atoms with Crippen molar-refractivity contribution in [3.8, 4) is 0 Å². The number of carbonyl (C=O) groups excluding carboxylic acids is 4. The molecule has 12 heteroatoms. The molecule has 2 rings (SSSR count). The van der Waals surface area contributed by atoms with E-state index in [1.807, 2.05) is 0 Å². The summed E-state index contributed by atoms with van der Waals surface area (Å²) in [5.74, 6) is -16.8. The maximum Gasteiger partial charge on any atom is 0.395 e. The summed E-state index contributed by atoms with van der Waals surface area (Å²) in [5.41, 5.74) is 0. The first-order valence-corrected chi connectivity index (χ1v) is 8.93. The number of nitrogens with zero attached hydrogens (tertiary/aromatic N) is 2. The van der Waals surface area contributed by atoms with Crippen molar-refractivity contribution in [2.75, 3.05) is 26.2 Å². The fourth-order valence-electron chi connectivity index (χ4n) is 3.40. The first kappa shape index (κ1) is 21.9. The van der Waals surface area contributed by atoms with Crippen molar-refractivity contribution in [1.82, 2.24) is 20.4 Å². The van der Waals surface area contributed by atoms with Crippen LogP contribution in [-0.2, 0) is 19.2 Å². The highest BCUT2D eigenvalue weighted by Crippen LogP contribution is 2.39. The van der Waals surface area contributed by atoms with Gasteiger partial charge in [0.1, 0.15) is 12.1 Å². The lowest BCUT2D eigenvalue weighted by Gasteiger charge is -2.35. The molecule has 0 bridgehead atoms. The highest BCUT2D eigenvalue weighted by Gasteiger charge is 2.69. The number of likely N-dealkylation sites (N-methyl/N-ethyl adjacent to an activating group) is 2. The Labute approximate surface area is 158 Å². The molecule has 158 valence electrons. The standard InChI is InChI=1S/C16H22F4N4O4/c1-3-23(9-5-7-21-11(9)25)13(27)15(17,18)16(19,20)14(28)24(4-2)10-6-8-22-12(10)26/h9-10H,3-8H2,1-2H3,(H,21,25)(H,22,26). The molecular weight excluding hydrogens is 388 g/mol. The summed E-state index contributed by atoms with van der Waals surface area (Å²) in [6.07, 6.45) is -0.00527. The summed E-state index contributed by atoms with van der Waals surface area (Å²) in [6, 6.07) is -2.62. The predicted molar refractivity (Wildman–Crippen MR) is 87.5 cm³/mol. The maximum absolute atomic E-state index is 14.5. The van der Waals surface area contributed by atoms with E-state index in [1.54, 1.807) is 0 Å². The fourth-order valence-corrected chi connectivity index (χ4v) is 3.40. The molecular formula is C16H22F4N4O4. The van der Waals surface area contributed by atoms with Crippen LogP contribution in [-0.4, -0.2) is 83.5 Å². The van der Waals surface area contributed by atoms with Crippen LogP contribution < -0.4 is 10.6 Å². The van der Waals surface area contributed by atoms with Crippen LogP contribution in [0.3, 0.4) is 0 Å². The zero-order valence-corrected chi connectivity index (χ0v) is 15.4. The van der Waals surface area contributed by atoms with E-state index in [2.05, 4.69) is 10.6 Å². The summed E-state index contributed by atoms with van der Waals surface area (Å²) in [7, 11) is 0. The molecule has 2 aliphatic rings. The lowest BCUT2D eigenvalue weighted by atomic mass is 10.0. The van der Waals surface area contributed by atoms with E-state index in [1.165, 1.54) is 13.8 Å². The monoisotopic (exact) mass is 410 g/mol. The molecule has 0 radical (unpaired) electrons. The van der Waals surface area contributed by atoms with Crippen LogP contribution in [0.2, 0.25) is 0 Å². The van der Waals surface area contributed by atoms with Crippen molar-refractivity contribution in [3.63, 3.8) is 0 Å². The summed E-state index contributed by atoms with van der Waals surface area (Å²) < 4.78 is 58.1. The van der Waals surface area contributed by atoms with Gasteiger partial charge in [0.2, 0.25) is 11.8 Å². The van der Waals surface area contributed by atoms with Crippen LogP contribution in [0.4, 0.5) is 17.6 Å². The van der Waals surface area contributed by atoms with Crippen molar-refractivity contribution >= 4 is 23.6 Å². The summed E-state index contributed by atoms with van der Waals surface area (Å²) in [6.45, 7) is 1.93. The molecule has 0 saturated carbocycles. The van der Waals surface area contributed by atoms with E-state index < -0.39 is 60.6 Å². The third kappa shape index (κ3) is 3.51. The molecule has 0 spiro atoms. The van der Waals surface area contributed by atoms with E-state index in [9.17, 15) is 36.7 Å². The lowest BCUT2D eigenvalue weighted by molar-refractivity contribution is -0.225. The largest absolute Gasteiger partial charge is 0.395 e. The van der Waals surface area contributed by atoms with Crippen LogP contribution in [0.15, 0.2) is 0 Å². The Morgan fingerprint density at radius 2 is 1.18 bits per heavy atom. The molecule has 0 aliphatic carbocycles. The number of nitrogens with one attached hydrogen (secondary N) is 2. The average molecular weight is 410 g/mol. The number of halogens is 4. The van der Waals surface area contributed by atoms with Gasteiger partial charge in [-0.15, -0.1) is 0 Å². The molecule has 2 fully saturated rings. The fraction of sp³-hybridized carbons (Fsp3) is 0.750. The summed E-state index contributed by atoms with van der Waals surface area (Å²) in [4.78, 5) is 48.6. The predicted octanol–water partition coefficient (Wildman–Crippen LogP) is -0.269. The SMILES string of the molecule is CCN(C(=O)C(F)(F)C(F)(F)C(=O)N(CC)C1CCNC1=O)C1CCNC1=O. The average Bonchev–Trinajstić information content (AvgIpc) is 3.25. The van der Waals surface area contributed by atoms with Crippen LogP contribution in [0.25, 0.3) is 0 Å². The molecule has 2 aliphatic heterocycles. The van der Waals surface area contributed by atoms with Gasteiger partial charge in [-0.2, -0.15) is 17.6 Å². The van der Waals surface area contributed by atoms with Crippen molar-refractivity contribution in [1.29, 1.82) is 0 Å². The second-order valence-electron chi connectivity index (χ2n) is 6.52. The Morgan fingerprint density at radius 3 is 1.39 bits per heavy atom. The van der Waals surface area contributed by atoms with Crippen molar-refractivity contribution in [2.24, 2.45) is 0 Å². The first-order chi connectivity index (χ1) is 13.0. The Kier molecular flexibility index (Phi) is 6.19. The van der Waals surface area contributed by atoms with E-state index in [0.717, 1.165) is 0 Å². The third-order valence-corrected chi connectivity index (χ3v) is 4.93. The van der Waals surface area contributed by atoms with Gasteiger partial charge in [-0.25, -0.2) is 0 Å². The minimum Gasteiger partial charge on any atom is -0.354 e. The number of alkyl halides is 4. The van der Waals surface area contributed by atoms with E-state index in [-0.39, 0.29) is 25.9 Å². The van der Waals surface area contributed by atoms with Gasteiger partial charge in [0.15, 0.2) is 0 Å². The van der Waals surface area contributed by atoms with E-state index >= 15 is 0 Å². The van der Waals surface area contributed by atoms with Gasteiger partial charge in [-0.3, -0.25) is 19.2 Å². The Morgan fingerprint density at radius 1 is 0.857 bits per heavy atom. The molecule has 0 aromatic heterocycles. The summed E-state index contributed by atoms with van der Waals surface area (Å²) >= 11 is 0. The molecule has 2 heterocycles. The Bertz CT molecular complexity index is 617. The van der Waals surface area contributed by atoms with Crippen molar-refractivity contribution < 1.29 is 36.7 Å². The van der Waals surface area contributed by atoms with Gasteiger partial charge < -0.3 is 20.4 Å². The smallest absolute Gasteiger partial charge is 0.354 e. The Balaban J connectivity index is 2.29. The quantitative estimate of drug-likeness (QED) is 0.565. The number of hydrogen-bond donors (Lipinski definition) is 2. The first-order valence-electron chi connectivity index (χ1n) is 8.93. The molecule has 4 amide bonds. The highest BCUT2D eigenvalue weighted by molar-refractivity contribution is 5.99. The molecule has 2 N–H and O–H groups in total. The van der Waals surface area contributed by atoms with Gasteiger partial charge in [-0.1, -0.05) is 0 Å². The van der Waals surface area contributed by atoms with Crippen molar-refractivity contribution in [2.45, 2.75) is 50.6 Å². The van der Waals surface area contributed by atoms with Gasteiger partial charge in [-0.05, 0) is 26.7 Å². The molecule has 2 unspecified atom stereocenters. The van der Waals surface area contributed by atoms with Crippen LogP contribution in [0, 0.1) is 0 Å². The number of amides is 4. The van der Waals surface area contributed by atoms with Crippen molar-refractivity contribution in [3.05, 3.63) is 0 Å².